The van der Waals surface area contributed by atoms with Crippen molar-refractivity contribution in [2.45, 2.75) is 0 Å². The first-order valence-corrected chi connectivity index (χ1v) is 9.74. The van der Waals surface area contributed by atoms with Crippen LogP contribution in [0.1, 0.15) is 11.1 Å². The fourth-order valence-corrected chi connectivity index (χ4v) is 3.51. The highest BCUT2D eigenvalue weighted by Crippen LogP contribution is 2.25. The molecule has 1 fully saturated rings. The van der Waals surface area contributed by atoms with E-state index in [4.69, 9.17) is 23.2 Å². The lowest BCUT2D eigenvalue weighted by Gasteiger charge is -2.33. The summed E-state index contributed by atoms with van der Waals surface area (Å²) in [5, 5.41) is 1.09. The minimum Gasteiger partial charge on any atom is -0.337 e. The number of carbonyl (C=O) groups excluding carboxylic acids is 1. The van der Waals surface area contributed by atoms with Gasteiger partial charge < -0.3 is 4.90 Å². The van der Waals surface area contributed by atoms with E-state index in [9.17, 15) is 4.79 Å². The summed E-state index contributed by atoms with van der Waals surface area (Å²) in [4.78, 5) is 16.6. The third kappa shape index (κ3) is 5.70. The molecular formula is C22H22Cl2N2O. The van der Waals surface area contributed by atoms with Gasteiger partial charge in [-0.2, -0.15) is 0 Å². The van der Waals surface area contributed by atoms with Crippen molar-refractivity contribution in [1.82, 2.24) is 9.80 Å². The molecular weight excluding hydrogens is 379 g/mol. The summed E-state index contributed by atoms with van der Waals surface area (Å²) in [7, 11) is 0. The van der Waals surface area contributed by atoms with Gasteiger partial charge in [0.2, 0.25) is 5.91 Å². The van der Waals surface area contributed by atoms with E-state index in [0.717, 1.165) is 32.7 Å². The van der Waals surface area contributed by atoms with E-state index >= 15 is 0 Å². The molecule has 0 bridgehead atoms. The molecule has 0 spiro atoms. The molecule has 0 atom stereocenters. The van der Waals surface area contributed by atoms with Gasteiger partial charge in [0, 0.05) is 54.4 Å². The fraction of sp³-hybridized carbons (Fsp3) is 0.227. The molecule has 3 nitrogen and oxygen atoms in total. The minimum atomic E-state index is -0.00883. The number of amides is 1. The van der Waals surface area contributed by atoms with Gasteiger partial charge in [0.15, 0.2) is 0 Å². The highest BCUT2D eigenvalue weighted by Gasteiger charge is 2.18. The van der Waals surface area contributed by atoms with Gasteiger partial charge >= 0.3 is 0 Å². The number of carbonyl (C=O) groups is 1. The molecule has 1 heterocycles. The maximum atomic E-state index is 12.4. The van der Waals surface area contributed by atoms with Crippen molar-refractivity contribution in [3.8, 4) is 0 Å². The first-order chi connectivity index (χ1) is 13.1. The Bertz CT molecular complexity index is 805. The summed E-state index contributed by atoms with van der Waals surface area (Å²) < 4.78 is 0. The average Bonchev–Trinajstić information content (AvgIpc) is 2.69. The van der Waals surface area contributed by atoms with E-state index in [1.54, 1.807) is 30.4 Å². The number of rotatable bonds is 5. The van der Waals surface area contributed by atoms with Crippen LogP contribution in [-0.4, -0.2) is 48.4 Å². The molecule has 140 valence electrons. The highest BCUT2D eigenvalue weighted by atomic mass is 35.5. The SMILES string of the molecule is O=C(/C=C/c1c(Cl)cccc1Cl)N1CCN(C/C=C/c2ccccc2)CC1. The molecule has 5 heteroatoms. The summed E-state index contributed by atoms with van der Waals surface area (Å²) >= 11 is 12.3. The molecule has 3 rings (SSSR count). The summed E-state index contributed by atoms with van der Waals surface area (Å²) in [6.45, 7) is 4.07. The molecule has 0 aromatic heterocycles. The third-order valence-corrected chi connectivity index (χ3v) is 5.21. The second-order valence-corrected chi connectivity index (χ2v) is 7.22. The quantitative estimate of drug-likeness (QED) is 0.668. The Balaban J connectivity index is 1.48. The Hall–Kier alpha value is -2.07. The molecule has 0 aliphatic carbocycles. The largest absolute Gasteiger partial charge is 0.337 e. The molecule has 1 aliphatic heterocycles. The van der Waals surface area contributed by atoms with Crippen molar-refractivity contribution in [2.75, 3.05) is 32.7 Å². The van der Waals surface area contributed by atoms with Gasteiger partial charge in [0.25, 0.3) is 0 Å². The number of halogens is 2. The molecule has 27 heavy (non-hydrogen) atoms. The number of hydrogen-bond acceptors (Lipinski definition) is 2. The lowest BCUT2D eigenvalue weighted by molar-refractivity contribution is -0.127. The molecule has 1 saturated heterocycles. The van der Waals surface area contributed by atoms with Crippen LogP contribution in [0.5, 0.6) is 0 Å². The normalized spacial score (nSPS) is 15.7. The zero-order valence-electron chi connectivity index (χ0n) is 15.0. The van der Waals surface area contributed by atoms with Gasteiger partial charge in [-0.25, -0.2) is 0 Å². The molecule has 0 unspecified atom stereocenters. The Morgan fingerprint density at radius 2 is 1.56 bits per heavy atom. The molecule has 1 aliphatic rings. The van der Waals surface area contributed by atoms with Crippen LogP contribution >= 0.6 is 23.2 Å². The summed E-state index contributed by atoms with van der Waals surface area (Å²) in [5.74, 6) is -0.00883. The monoisotopic (exact) mass is 400 g/mol. The average molecular weight is 401 g/mol. The maximum Gasteiger partial charge on any atom is 0.246 e. The summed E-state index contributed by atoms with van der Waals surface area (Å²) in [5.41, 5.74) is 1.88. The van der Waals surface area contributed by atoms with Gasteiger partial charge in [0.1, 0.15) is 0 Å². The smallest absolute Gasteiger partial charge is 0.246 e. The van der Waals surface area contributed by atoms with Crippen LogP contribution in [0.3, 0.4) is 0 Å². The fourth-order valence-electron chi connectivity index (χ4n) is 2.98. The van der Waals surface area contributed by atoms with E-state index < -0.39 is 0 Å². The predicted octanol–water partition coefficient (Wildman–Crippen LogP) is 4.86. The maximum absolute atomic E-state index is 12.4. The van der Waals surface area contributed by atoms with E-state index in [1.807, 2.05) is 23.1 Å². The van der Waals surface area contributed by atoms with Crippen molar-refractivity contribution >= 4 is 41.3 Å². The van der Waals surface area contributed by atoms with Crippen molar-refractivity contribution in [1.29, 1.82) is 0 Å². The Kier molecular flexibility index (Phi) is 7.11. The Morgan fingerprint density at radius 3 is 2.22 bits per heavy atom. The second kappa shape index (κ2) is 9.75. The first-order valence-electron chi connectivity index (χ1n) is 8.98. The highest BCUT2D eigenvalue weighted by molar-refractivity contribution is 6.37. The zero-order chi connectivity index (χ0) is 19.1. The van der Waals surface area contributed by atoms with Crippen LogP contribution in [0.15, 0.2) is 60.7 Å². The number of hydrogen-bond donors (Lipinski definition) is 0. The van der Waals surface area contributed by atoms with Crippen molar-refractivity contribution in [3.63, 3.8) is 0 Å². The Morgan fingerprint density at radius 1 is 0.889 bits per heavy atom. The minimum absolute atomic E-state index is 0.00883. The van der Waals surface area contributed by atoms with Crippen LogP contribution in [0, 0.1) is 0 Å². The third-order valence-electron chi connectivity index (χ3n) is 4.55. The second-order valence-electron chi connectivity index (χ2n) is 6.41. The molecule has 2 aromatic carbocycles. The Labute approximate surface area is 170 Å². The van der Waals surface area contributed by atoms with Gasteiger partial charge in [-0.15, -0.1) is 0 Å². The lowest BCUT2D eigenvalue weighted by atomic mass is 10.2. The molecule has 0 N–H and O–H groups in total. The molecule has 2 aromatic rings. The molecule has 1 amide bonds. The number of nitrogens with zero attached hydrogens (tertiary/aromatic N) is 2. The first kappa shape index (κ1) is 19.7. The van der Waals surface area contributed by atoms with Crippen molar-refractivity contribution in [2.24, 2.45) is 0 Å². The summed E-state index contributed by atoms with van der Waals surface area (Å²) in [6.07, 6.45) is 7.56. The standard InChI is InChI=1S/C22H22Cl2N2O/c23-20-9-4-10-21(24)19(20)11-12-22(27)26-16-14-25(15-17-26)13-5-8-18-6-2-1-3-7-18/h1-12H,13-17H2/b8-5+,12-11+. The number of piperazine rings is 1. The predicted molar refractivity (Wildman–Crippen MR) is 114 cm³/mol. The van der Waals surface area contributed by atoms with Gasteiger partial charge in [-0.05, 0) is 23.8 Å². The topological polar surface area (TPSA) is 23.6 Å². The van der Waals surface area contributed by atoms with Gasteiger partial charge in [0.05, 0.1) is 0 Å². The van der Waals surface area contributed by atoms with Crippen LogP contribution in [0.4, 0.5) is 0 Å². The van der Waals surface area contributed by atoms with Crippen LogP contribution in [0.25, 0.3) is 12.2 Å². The van der Waals surface area contributed by atoms with Crippen LogP contribution in [-0.2, 0) is 4.79 Å². The van der Waals surface area contributed by atoms with Gasteiger partial charge in [-0.3, -0.25) is 9.69 Å². The van der Waals surface area contributed by atoms with Crippen molar-refractivity contribution < 1.29 is 4.79 Å². The molecule has 0 saturated carbocycles. The van der Waals surface area contributed by atoms with E-state index in [0.29, 0.717) is 15.6 Å². The van der Waals surface area contributed by atoms with E-state index in [1.165, 1.54) is 5.56 Å². The lowest BCUT2D eigenvalue weighted by Crippen LogP contribution is -2.48. The summed E-state index contributed by atoms with van der Waals surface area (Å²) in [6, 6.07) is 15.6. The van der Waals surface area contributed by atoms with Crippen LogP contribution in [0.2, 0.25) is 10.0 Å². The van der Waals surface area contributed by atoms with Gasteiger partial charge in [-0.1, -0.05) is 71.8 Å². The zero-order valence-corrected chi connectivity index (χ0v) is 16.5. The van der Waals surface area contributed by atoms with Crippen molar-refractivity contribution in [3.05, 3.63) is 81.9 Å². The molecule has 0 radical (unpaired) electrons. The van der Waals surface area contributed by atoms with Crippen LogP contribution < -0.4 is 0 Å². The van der Waals surface area contributed by atoms with E-state index in [2.05, 4.69) is 29.2 Å². The van der Waals surface area contributed by atoms with E-state index in [-0.39, 0.29) is 5.91 Å². The number of benzene rings is 2.